The molecular weight excluding hydrogens is 388 g/mol. The Hall–Kier alpha value is -4.32. The van der Waals surface area contributed by atoms with Gasteiger partial charge in [0.15, 0.2) is 5.82 Å². The van der Waals surface area contributed by atoms with Gasteiger partial charge in [-0.25, -0.2) is 9.78 Å². The van der Waals surface area contributed by atoms with Crippen LogP contribution in [0.25, 0.3) is 33.4 Å². The van der Waals surface area contributed by atoms with Crippen LogP contribution in [-0.4, -0.2) is 31.2 Å². The summed E-state index contributed by atoms with van der Waals surface area (Å²) in [6, 6.07) is 24.5. The summed E-state index contributed by atoms with van der Waals surface area (Å²) in [5.41, 5.74) is 5.12. The standard InChI is InChI=1S/C25H18N4O2/c30-25(31)18-10-6-9-17(13-18)23-24(16-7-2-1-3-8-16)29-28-22(27-23)14-19-15-26-21-12-5-4-11-20(19)21/h1-13,15,26H,14H2,(H,30,31). The van der Waals surface area contributed by atoms with E-state index in [4.69, 9.17) is 4.98 Å². The molecule has 0 atom stereocenters. The van der Waals surface area contributed by atoms with Gasteiger partial charge in [0.2, 0.25) is 0 Å². The lowest BCUT2D eigenvalue weighted by Crippen LogP contribution is -2.04. The highest BCUT2D eigenvalue weighted by atomic mass is 16.4. The maximum absolute atomic E-state index is 11.5. The lowest BCUT2D eigenvalue weighted by atomic mass is 10.0. The van der Waals surface area contributed by atoms with Crippen LogP contribution in [-0.2, 0) is 6.42 Å². The van der Waals surface area contributed by atoms with Crippen LogP contribution in [0.3, 0.4) is 0 Å². The molecule has 2 aromatic heterocycles. The number of hydrogen-bond donors (Lipinski definition) is 2. The third kappa shape index (κ3) is 3.67. The van der Waals surface area contributed by atoms with Crippen molar-refractivity contribution in [2.75, 3.05) is 0 Å². The zero-order chi connectivity index (χ0) is 21.2. The SMILES string of the molecule is O=C(O)c1cccc(-c2nc(Cc3c[nH]c4ccccc34)nnc2-c2ccccc2)c1. The van der Waals surface area contributed by atoms with E-state index in [1.54, 1.807) is 18.2 Å². The summed E-state index contributed by atoms with van der Waals surface area (Å²) < 4.78 is 0. The van der Waals surface area contributed by atoms with Crippen LogP contribution in [0.4, 0.5) is 0 Å². The second-order valence-electron chi connectivity index (χ2n) is 7.21. The van der Waals surface area contributed by atoms with E-state index >= 15 is 0 Å². The predicted octanol–water partition coefficient (Wildman–Crippen LogP) is 4.98. The van der Waals surface area contributed by atoms with E-state index in [1.165, 1.54) is 0 Å². The van der Waals surface area contributed by atoms with Gasteiger partial charge >= 0.3 is 5.97 Å². The van der Waals surface area contributed by atoms with Crippen molar-refractivity contribution in [1.82, 2.24) is 20.2 Å². The second-order valence-corrected chi connectivity index (χ2v) is 7.21. The molecule has 150 valence electrons. The van der Waals surface area contributed by atoms with Crippen molar-refractivity contribution >= 4 is 16.9 Å². The van der Waals surface area contributed by atoms with E-state index < -0.39 is 5.97 Å². The molecule has 3 aromatic carbocycles. The molecule has 0 amide bonds. The Bertz CT molecular complexity index is 1390. The first-order valence-corrected chi connectivity index (χ1v) is 9.87. The van der Waals surface area contributed by atoms with Crippen LogP contribution >= 0.6 is 0 Å². The number of aromatic amines is 1. The molecule has 0 aliphatic carbocycles. The van der Waals surface area contributed by atoms with Gasteiger partial charge in [-0.2, -0.15) is 0 Å². The highest BCUT2D eigenvalue weighted by molar-refractivity contribution is 5.90. The molecule has 0 bridgehead atoms. The summed E-state index contributed by atoms with van der Waals surface area (Å²) in [6.07, 6.45) is 2.47. The maximum atomic E-state index is 11.5. The van der Waals surface area contributed by atoms with Crippen LogP contribution in [0.1, 0.15) is 21.7 Å². The first-order chi connectivity index (χ1) is 15.2. The maximum Gasteiger partial charge on any atom is 0.335 e. The number of rotatable bonds is 5. The summed E-state index contributed by atoms with van der Waals surface area (Å²) in [5.74, 6) is -0.413. The fourth-order valence-corrected chi connectivity index (χ4v) is 3.67. The molecular formula is C25H18N4O2. The number of carboxylic acid groups (broad SMARTS) is 1. The molecule has 0 unspecified atom stereocenters. The number of fused-ring (bicyclic) bond motifs is 1. The monoisotopic (exact) mass is 406 g/mol. The number of nitrogens with zero attached hydrogens (tertiary/aromatic N) is 3. The van der Waals surface area contributed by atoms with Crippen LogP contribution in [0.2, 0.25) is 0 Å². The first kappa shape index (κ1) is 18.7. The Morgan fingerprint density at radius 2 is 1.61 bits per heavy atom. The highest BCUT2D eigenvalue weighted by Crippen LogP contribution is 2.29. The van der Waals surface area contributed by atoms with Gasteiger partial charge in [0.1, 0.15) is 11.4 Å². The van der Waals surface area contributed by atoms with Crippen molar-refractivity contribution in [2.45, 2.75) is 6.42 Å². The number of hydrogen-bond acceptors (Lipinski definition) is 4. The molecule has 6 nitrogen and oxygen atoms in total. The average Bonchev–Trinajstić information content (AvgIpc) is 3.22. The van der Waals surface area contributed by atoms with E-state index in [9.17, 15) is 9.90 Å². The normalized spacial score (nSPS) is 11.0. The smallest absolute Gasteiger partial charge is 0.335 e. The van der Waals surface area contributed by atoms with Gasteiger partial charge in [-0.1, -0.05) is 60.7 Å². The van der Waals surface area contributed by atoms with Gasteiger partial charge in [0.05, 0.1) is 5.56 Å². The quantitative estimate of drug-likeness (QED) is 0.430. The Morgan fingerprint density at radius 3 is 2.45 bits per heavy atom. The average molecular weight is 406 g/mol. The summed E-state index contributed by atoms with van der Waals surface area (Å²) >= 11 is 0. The van der Waals surface area contributed by atoms with Crippen LogP contribution in [0.15, 0.2) is 85.1 Å². The second kappa shape index (κ2) is 7.84. The van der Waals surface area contributed by atoms with Crippen LogP contribution in [0, 0.1) is 0 Å². The Balaban J connectivity index is 1.63. The summed E-state index contributed by atoms with van der Waals surface area (Å²) in [6.45, 7) is 0. The first-order valence-electron chi connectivity index (χ1n) is 9.87. The van der Waals surface area contributed by atoms with Crippen molar-refractivity contribution in [3.8, 4) is 22.5 Å². The molecule has 5 aromatic rings. The third-order valence-electron chi connectivity index (χ3n) is 5.18. The minimum atomic E-state index is -0.982. The van der Waals surface area contributed by atoms with Gasteiger partial charge in [0, 0.05) is 34.6 Å². The highest BCUT2D eigenvalue weighted by Gasteiger charge is 2.16. The fourth-order valence-electron chi connectivity index (χ4n) is 3.67. The molecule has 2 N–H and O–H groups in total. The lowest BCUT2D eigenvalue weighted by molar-refractivity contribution is 0.0697. The van der Waals surface area contributed by atoms with Crippen molar-refractivity contribution in [1.29, 1.82) is 0 Å². The summed E-state index contributed by atoms with van der Waals surface area (Å²) in [5, 5.41) is 19.4. The number of H-pyrrole nitrogens is 1. The fraction of sp³-hybridized carbons (Fsp3) is 0.0400. The van der Waals surface area contributed by atoms with Crippen LogP contribution < -0.4 is 0 Å². The zero-order valence-electron chi connectivity index (χ0n) is 16.5. The van der Waals surface area contributed by atoms with E-state index in [1.807, 2.05) is 60.8 Å². The van der Waals surface area contributed by atoms with Crippen molar-refractivity contribution < 1.29 is 9.90 Å². The van der Waals surface area contributed by atoms with Crippen molar-refractivity contribution in [3.63, 3.8) is 0 Å². The van der Waals surface area contributed by atoms with Crippen LogP contribution in [0.5, 0.6) is 0 Å². The summed E-state index contributed by atoms with van der Waals surface area (Å²) in [4.78, 5) is 19.6. The van der Waals surface area contributed by atoms with E-state index in [0.29, 0.717) is 29.2 Å². The van der Waals surface area contributed by atoms with Crippen molar-refractivity contribution in [2.24, 2.45) is 0 Å². The Kier molecular flexibility index (Phi) is 4.72. The number of benzene rings is 3. The van der Waals surface area contributed by atoms with Crippen molar-refractivity contribution in [3.05, 3.63) is 102 Å². The molecule has 6 heteroatoms. The molecule has 0 aliphatic heterocycles. The summed E-state index contributed by atoms with van der Waals surface area (Å²) in [7, 11) is 0. The third-order valence-corrected chi connectivity index (χ3v) is 5.18. The molecule has 0 saturated carbocycles. The molecule has 0 radical (unpaired) electrons. The Labute approximate surface area is 178 Å². The Morgan fingerprint density at radius 1 is 0.839 bits per heavy atom. The molecule has 2 heterocycles. The number of carboxylic acids is 1. The lowest BCUT2D eigenvalue weighted by Gasteiger charge is -2.10. The molecule has 5 rings (SSSR count). The number of aromatic carboxylic acids is 1. The van der Waals surface area contributed by atoms with Gasteiger partial charge < -0.3 is 10.1 Å². The molecule has 0 fully saturated rings. The van der Waals surface area contributed by atoms with Gasteiger partial charge in [-0.15, -0.1) is 10.2 Å². The molecule has 0 saturated heterocycles. The van der Waals surface area contributed by atoms with Gasteiger partial charge in [-0.05, 0) is 23.8 Å². The minimum Gasteiger partial charge on any atom is -0.478 e. The molecule has 0 spiro atoms. The van der Waals surface area contributed by atoms with E-state index in [-0.39, 0.29) is 5.56 Å². The van der Waals surface area contributed by atoms with E-state index in [0.717, 1.165) is 22.0 Å². The molecule has 0 aliphatic rings. The van der Waals surface area contributed by atoms with Gasteiger partial charge in [-0.3, -0.25) is 0 Å². The predicted molar refractivity (Wildman–Crippen MR) is 119 cm³/mol. The number of nitrogens with one attached hydrogen (secondary N) is 1. The van der Waals surface area contributed by atoms with Gasteiger partial charge in [0.25, 0.3) is 0 Å². The largest absolute Gasteiger partial charge is 0.478 e. The minimum absolute atomic E-state index is 0.202. The molecule has 31 heavy (non-hydrogen) atoms. The number of carbonyl (C=O) groups is 1. The number of para-hydroxylation sites is 1. The number of aromatic nitrogens is 4. The zero-order valence-corrected chi connectivity index (χ0v) is 16.5. The van der Waals surface area contributed by atoms with E-state index in [2.05, 4.69) is 21.2 Å². The topological polar surface area (TPSA) is 91.8 Å².